The zero-order valence-electron chi connectivity index (χ0n) is 20.1. The molecule has 1 aromatic carbocycles. The second kappa shape index (κ2) is 8.16. The number of ether oxygens (including phenoxy) is 2. The zero-order chi connectivity index (χ0) is 24.3. The van der Waals surface area contributed by atoms with Crippen molar-refractivity contribution in [2.75, 3.05) is 6.54 Å². The molecule has 2 unspecified atom stereocenters. The van der Waals surface area contributed by atoms with Crippen LogP contribution in [0, 0.1) is 17.3 Å². The number of Topliss-reactive ketones (excluding diaryl/α,β-unsaturated/α-hetero) is 1. The topological polar surface area (TPSA) is 91.5 Å². The third-order valence-electron chi connectivity index (χ3n) is 8.46. The minimum Gasteiger partial charge on any atom is -0.489 e. The van der Waals surface area contributed by atoms with Crippen molar-refractivity contribution in [1.82, 2.24) is 4.98 Å². The van der Waals surface area contributed by atoms with E-state index in [1.54, 1.807) is 6.20 Å². The van der Waals surface area contributed by atoms with Gasteiger partial charge in [-0.05, 0) is 53.6 Å². The zero-order valence-corrected chi connectivity index (χ0v) is 20.1. The fourth-order valence-electron chi connectivity index (χ4n) is 6.76. The second-order valence-corrected chi connectivity index (χ2v) is 10.6. The molecule has 0 amide bonds. The van der Waals surface area contributed by atoms with Gasteiger partial charge in [-0.2, -0.15) is 0 Å². The van der Waals surface area contributed by atoms with E-state index in [9.17, 15) is 9.59 Å². The summed E-state index contributed by atoms with van der Waals surface area (Å²) in [5, 5.41) is 2.19. The molecule has 2 N–H and O–H groups in total. The molecule has 0 radical (unpaired) electrons. The quantitative estimate of drug-likeness (QED) is 0.670. The van der Waals surface area contributed by atoms with Gasteiger partial charge in [0.05, 0.1) is 5.57 Å². The van der Waals surface area contributed by atoms with Gasteiger partial charge in [-0.25, -0.2) is 0 Å². The number of hydrogen-bond donors (Lipinski definition) is 1. The first-order valence-electron chi connectivity index (χ1n) is 12.4. The Morgan fingerprint density at radius 3 is 2.91 bits per heavy atom. The molecule has 6 atom stereocenters. The van der Waals surface area contributed by atoms with E-state index in [1.165, 1.54) is 6.92 Å². The van der Waals surface area contributed by atoms with Crippen LogP contribution in [0.3, 0.4) is 0 Å². The number of fused-ring (bicyclic) bond motifs is 4. The first-order valence-corrected chi connectivity index (χ1v) is 12.4. The van der Waals surface area contributed by atoms with Gasteiger partial charge in [0, 0.05) is 54.8 Å². The van der Waals surface area contributed by atoms with Gasteiger partial charge in [-0.3, -0.25) is 14.6 Å². The van der Waals surface area contributed by atoms with Crippen LogP contribution < -0.4 is 5.73 Å². The molecule has 6 rings (SSSR count). The lowest BCUT2D eigenvalue weighted by atomic mass is 9.64. The summed E-state index contributed by atoms with van der Waals surface area (Å²) in [7, 11) is 0. The number of aromatic nitrogens is 1. The van der Waals surface area contributed by atoms with Gasteiger partial charge in [-0.1, -0.05) is 31.2 Å². The fraction of sp³-hybridized carbons (Fsp3) is 0.414. The molecule has 2 aromatic rings. The monoisotopic (exact) mass is 470 g/mol. The molecule has 4 aliphatic rings. The average Bonchev–Trinajstić information content (AvgIpc) is 3.14. The van der Waals surface area contributed by atoms with Crippen LogP contribution in [0.2, 0.25) is 0 Å². The Balaban J connectivity index is 1.41. The highest BCUT2D eigenvalue weighted by molar-refractivity contribution is 6.00. The summed E-state index contributed by atoms with van der Waals surface area (Å²) in [5.41, 5.74) is 8.46. The van der Waals surface area contributed by atoms with Crippen LogP contribution in [0.4, 0.5) is 0 Å². The Bertz CT molecular complexity index is 1320. The second-order valence-electron chi connectivity index (χ2n) is 10.6. The van der Waals surface area contributed by atoms with Crippen molar-refractivity contribution >= 4 is 22.5 Å². The highest BCUT2D eigenvalue weighted by atomic mass is 16.5. The fourth-order valence-corrected chi connectivity index (χ4v) is 6.76. The molecule has 3 aliphatic carbocycles. The van der Waals surface area contributed by atoms with Crippen LogP contribution in [0.15, 0.2) is 71.8 Å². The number of allylic oxidation sites excluding steroid dienone is 4. The van der Waals surface area contributed by atoms with Crippen LogP contribution in [0.5, 0.6) is 0 Å². The van der Waals surface area contributed by atoms with Gasteiger partial charge in [0.15, 0.2) is 5.78 Å². The van der Waals surface area contributed by atoms with Gasteiger partial charge in [0.2, 0.25) is 0 Å². The van der Waals surface area contributed by atoms with Crippen molar-refractivity contribution < 1.29 is 19.1 Å². The molecule has 1 aromatic heterocycles. The first kappa shape index (κ1) is 22.2. The number of pyridine rings is 1. The van der Waals surface area contributed by atoms with E-state index in [4.69, 9.17) is 15.2 Å². The number of rotatable bonds is 3. The normalized spacial score (nSPS) is 33.5. The van der Waals surface area contributed by atoms with Gasteiger partial charge in [0.1, 0.15) is 18.0 Å². The van der Waals surface area contributed by atoms with Gasteiger partial charge < -0.3 is 15.2 Å². The van der Waals surface area contributed by atoms with E-state index in [-0.39, 0.29) is 47.1 Å². The van der Waals surface area contributed by atoms with E-state index in [0.717, 1.165) is 27.7 Å². The lowest BCUT2D eigenvalue weighted by molar-refractivity contribution is -0.147. The average molecular weight is 471 g/mol. The Kier molecular flexibility index (Phi) is 5.18. The van der Waals surface area contributed by atoms with Crippen molar-refractivity contribution in [3.8, 4) is 0 Å². The Labute approximate surface area is 204 Å². The van der Waals surface area contributed by atoms with Crippen LogP contribution in [-0.2, 0) is 19.1 Å². The van der Waals surface area contributed by atoms with Crippen LogP contribution in [-0.4, -0.2) is 35.5 Å². The number of benzene rings is 1. The summed E-state index contributed by atoms with van der Waals surface area (Å²) in [4.78, 5) is 29.2. The highest BCUT2D eigenvalue weighted by Gasteiger charge is 2.58. The van der Waals surface area contributed by atoms with E-state index in [2.05, 4.69) is 42.3 Å². The van der Waals surface area contributed by atoms with Crippen molar-refractivity contribution in [3.63, 3.8) is 0 Å². The summed E-state index contributed by atoms with van der Waals surface area (Å²) < 4.78 is 12.6. The molecule has 0 saturated heterocycles. The van der Waals surface area contributed by atoms with Gasteiger partial charge >= 0.3 is 5.97 Å². The Morgan fingerprint density at radius 2 is 2.11 bits per heavy atom. The van der Waals surface area contributed by atoms with Crippen molar-refractivity contribution in [2.45, 2.75) is 51.2 Å². The molecule has 0 spiro atoms. The van der Waals surface area contributed by atoms with Gasteiger partial charge in [0.25, 0.3) is 0 Å². The molecule has 6 heteroatoms. The number of hydrogen-bond acceptors (Lipinski definition) is 6. The molecular weight excluding hydrogens is 440 g/mol. The maximum atomic E-state index is 12.8. The van der Waals surface area contributed by atoms with Crippen molar-refractivity contribution in [3.05, 3.63) is 77.4 Å². The standard InChI is InChI=1S/C29H30N2O4/c1-16(32)34-26-13-23-28-20(12-22-24(33)9-17(14-30)10-25(22)35-28)5-7-29(23,2)27(26)19-4-3-18-6-8-31-15-21(18)11-19/h3-8,11-12,15,17,23,26-28H,9-10,13-14,30H2,1-2H3/t17?,23-,26?,27-,28+,29-/m0/s1. The smallest absolute Gasteiger partial charge is 0.302 e. The predicted molar refractivity (Wildman–Crippen MR) is 132 cm³/mol. The van der Waals surface area contributed by atoms with Crippen molar-refractivity contribution in [1.29, 1.82) is 0 Å². The number of ketones is 1. The third kappa shape index (κ3) is 3.54. The summed E-state index contributed by atoms with van der Waals surface area (Å²) in [6.45, 7) is 4.19. The number of nitrogens with zero attached hydrogens (tertiary/aromatic N) is 1. The van der Waals surface area contributed by atoms with Crippen LogP contribution in [0.25, 0.3) is 10.8 Å². The molecule has 35 heavy (non-hydrogen) atoms. The summed E-state index contributed by atoms with van der Waals surface area (Å²) in [6.07, 6.45) is 11.4. The number of carbonyl (C=O) groups is 2. The molecular formula is C29H30N2O4. The molecule has 2 heterocycles. The SMILES string of the molecule is CC(=O)OC1C[C@H]2[C@@H]3OC4=C(C=C3C=C[C@]2(C)[C@H]1c1ccc2ccncc2c1)C(=O)CC(CN)C4. The van der Waals surface area contributed by atoms with Gasteiger partial charge in [-0.15, -0.1) is 0 Å². The molecule has 180 valence electrons. The highest BCUT2D eigenvalue weighted by Crippen LogP contribution is 2.60. The predicted octanol–water partition coefficient (Wildman–Crippen LogP) is 4.36. The van der Waals surface area contributed by atoms with Crippen LogP contribution >= 0.6 is 0 Å². The van der Waals surface area contributed by atoms with Crippen molar-refractivity contribution in [2.24, 2.45) is 23.0 Å². The van der Waals surface area contributed by atoms with E-state index in [1.807, 2.05) is 18.3 Å². The Morgan fingerprint density at radius 1 is 1.26 bits per heavy atom. The van der Waals surface area contributed by atoms with E-state index >= 15 is 0 Å². The third-order valence-corrected chi connectivity index (χ3v) is 8.46. The van der Waals surface area contributed by atoms with Crippen LogP contribution in [0.1, 0.15) is 44.6 Å². The first-order chi connectivity index (χ1) is 16.9. The maximum absolute atomic E-state index is 12.8. The molecule has 1 saturated carbocycles. The molecule has 6 nitrogen and oxygen atoms in total. The lowest BCUT2D eigenvalue weighted by Gasteiger charge is -2.44. The minimum atomic E-state index is -0.290. The molecule has 1 fully saturated rings. The summed E-state index contributed by atoms with van der Waals surface area (Å²) in [5.74, 6) is 0.803. The number of carbonyl (C=O) groups excluding carboxylic acids is 2. The summed E-state index contributed by atoms with van der Waals surface area (Å²) >= 11 is 0. The largest absolute Gasteiger partial charge is 0.489 e. The lowest BCUT2D eigenvalue weighted by Crippen LogP contribution is -2.41. The number of nitrogens with two attached hydrogens (primary N) is 1. The molecule has 0 bridgehead atoms. The summed E-state index contributed by atoms with van der Waals surface area (Å²) in [6, 6.07) is 8.43. The minimum absolute atomic E-state index is 0.0254. The van der Waals surface area contributed by atoms with E-state index < -0.39 is 0 Å². The van der Waals surface area contributed by atoms with E-state index in [0.29, 0.717) is 31.4 Å². The molecule has 1 aliphatic heterocycles. The number of esters is 1. The maximum Gasteiger partial charge on any atom is 0.302 e. The Hall–Kier alpha value is -3.25.